The van der Waals surface area contributed by atoms with Gasteiger partial charge < -0.3 is 10.4 Å². The van der Waals surface area contributed by atoms with E-state index in [9.17, 15) is 9.18 Å². The first kappa shape index (κ1) is 13.4. The Morgan fingerprint density at radius 2 is 2.00 bits per heavy atom. The number of aromatic carboxylic acids is 1. The van der Waals surface area contributed by atoms with E-state index < -0.39 is 11.8 Å². The molecule has 0 aromatic heterocycles. The summed E-state index contributed by atoms with van der Waals surface area (Å²) in [5, 5.41) is 12.2. The van der Waals surface area contributed by atoms with Gasteiger partial charge in [0.2, 0.25) is 0 Å². The second kappa shape index (κ2) is 5.28. The summed E-state index contributed by atoms with van der Waals surface area (Å²) in [6.07, 6.45) is 0. The quantitative estimate of drug-likeness (QED) is 0.884. The summed E-state index contributed by atoms with van der Waals surface area (Å²) in [5.41, 5.74) is 1.67. The Morgan fingerprint density at radius 3 is 2.58 bits per heavy atom. The molecule has 0 fully saturated rings. The molecule has 2 aromatic carbocycles. The third-order valence-electron chi connectivity index (χ3n) is 2.67. The smallest absolute Gasteiger partial charge is 0.335 e. The molecule has 0 spiro atoms. The van der Waals surface area contributed by atoms with E-state index >= 15 is 0 Å². The molecule has 0 saturated carbocycles. The zero-order valence-electron chi connectivity index (χ0n) is 10.1. The third-order valence-corrected chi connectivity index (χ3v) is 3.07. The topological polar surface area (TPSA) is 49.3 Å². The minimum absolute atomic E-state index is 0.0926. The molecule has 3 nitrogen and oxygen atoms in total. The zero-order chi connectivity index (χ0) is 14.0. The highest BCUT2D eigenvalue weighted by molar-refractivity contribution is 6.31. The molecule has 0 heterocycles. The molecule has 0 atom stereocenters. The van der Waals surface area contributed by atoms with Crippen LogP contribution in [0.4, 0.5) is 15.8 Å². The fourth-order valence-corrected chi connectivity index (χ4v) is 1.76. The van der Waals surface area contributed by atoms with Crippen LogP contribution in [0.15, 0.2) is 36.4 Å². The minimum Gasteiger partial charge on any atom is -0.478 e. The Hall–Kier alpha value is -2.07. The molecule has 5 heteroatoms. The van der Waals surface area contributed by atoms with Gasteiger partial charge in [-0.1, -0.05) is 17.7 Å². The summed E-state index contributed by atoms with van der Waals surface area (Å²) in [6.45, 7) is 1.87. The zero-order valence-corrected chi connectivity index (χ0v) is 10.8. The highest BCUT2D eigenvalue weighted by atomic mass is 35.5. The molecule has 19 heavy (non-hydrogen) atoms. The molecular formula is C14H11ClFNO2. The number of anilines is 2. The lowest BCUT2D eigenvalue weighted by molar-refractivity contribution is 0.0696. The first-order chi connectivity index (χ1) is 8.97. The SMILES string of the molecule is Cc1ccc(Nc2ccc(C(=O)O)cc2F)cc1Cl. The van der Waals surface area contributed by atoms with Gasteiger partial charge in [0.25, 0.3) is 0 Å². The summed E-state index contributed by atoms with van der Waals surface area (Å²) in [7, 11) is 0. The molecule has 0 unspecified atom stereocenters. The van der Waals surface area contributed by atoms with Crippen molar-refractivity contribution in [3.05, 3.63) is 58.4 Å². The first-order valence-corrected chi connectivity index (χ1v) is 5.91. The summed E-state index contributed by atoms with van der Waals surface area (Å²) < 4.78 is 13.7. The van der Waals surface area contributed by atoms with Crippen molar-refractivity contribution in [1.82, 2.24) is 0 Å². The van der Waals surface area contributed by atoms with Gasteiger partial charge in [0, 0.05) is 10.7 Å². The second-order valence-electron chi connectivity index (χ2n) is 4.09. The second-order valence-corrected chi connectivity index (χ2v) is 4.50. The van der Waals surface area contributed by atoms with Crippen LogP contribution in [0.3, 0.4) is 0 Å². The maximum atomic E-state index is 13.7. The van der Waals surface area contributed by atoms with E-state index in [1.54, 1.807) is 12.1 Å². The van der Waals surface area contributed by atoms with Crippen LogP contribution < -0.4 is 5.32 Å². The van der Waals surface area contributed by atoms with Crippen LogP contribution in [0, 0.1) is 12.7 Å². The molecule has 0 aliphatic rings. The number of hydrogen-bond acceptors (Lipinski definition) is 2. The number of carbonyl (C=O) groups is 1. The fraction of sp³-hybridized carbons (Fsp3) is 0.0714. The van der Waals surface area contributed by atoms with Crippen LogP contribution in [0.25, 0.3) is 0 Å². The van der Waals surface area contributed by atoms with Gasteiger partial charge in [-0.15, -0.1) is 0 Å². The Bertz CT molecular complexity index is 643. The third kappa shape index (κ3) is 3.03. The van der Waals surface area contributed by atoms with E-state index in [2.05, 4.69) is 5.32 Å². The predicted molar refractivity (Wildman–Crippen MR) is 72.8 cm³/mol. The molecule has 0 aliphatic carbocycles. The van der Waals surface area contributed by atoms with Crippen LogP contribution in [0.5, 0.6) is 0 Å². The van der Waals surface area contributed by atoms with Crippen molar-refractivity contribution in [2.45, 2.75) is 6.92 Å². The molecule has 0 aliphatic heterocycles. The number of aryl methyl sites for hydroxylation is 1. The number of nitrogens with one attached hydrogen (secondary N) is 1. The molecule has 2 aromatic rings. The molecule has 0 radical (unpaired) electrons. The van der Waals surface area contributed by atoms with Crippen LogP contribution >= 0.6 is 11.6 Å². The maximum absolute atomic E-state index is 13.7. The van der Waals surface area contributed by atoms with Crippen molar-refractivity contribution in [2.24, 2.45) is 0 Å². The van der Waals surface area contributed by atoms with Gasteiger partial charge in [0.1, 0.15) is 5.82 Å². The number of carboxylic acids is 1. The Balaban J connectivity index is 2.28. The van der Waals surface area contributed by atoms with Gasteiger partial charge in [-0.2, -0.15) is 0 Å². The Morgan fingerprint density at radius 1 is 1.26 bits per heavy atom. The highest BCUT2D eigenvalue weighted by Gasteiger charge is 2.08. The number of hydrogen-bond donors (Lipinski definition) is 2. The average Bonchev–Trinajstić information content (AvgIpc) is 2.36. The van der Waals surface area contributed by atoms with E-state index in [-0.39, 0.29) is 11.3 Å². The molecule has 0 saturated heterocycles. The molecule has 2 rings (SSSR count). The summed E-state index contributed by atoms with van der Waals surface area (Å²) in [5.74, 6) is -1.79. The molecule has 2 N–H and O–H groups in total. The van der Waals surface area contributed by atoms with Gasteiger partial charge in [-0.3, -0.25) is 0 Å². The van der Waals surface area contributed by atoms with Gasteiger partial charge in [0.05, 0.1) is 11.3 Å². The monoisotopic (exact) mass is 279 g/mol. The normalized spacial score (nSPS) is 10.3. The summed E-state index contributed by atoms with van der Waals surface area (Å²) >= 11 is 5.98. The van der Waals surface area contributed by atoms with Crippen LogP contribution in [0.1, 0.15) is 15.9 Å². The van der Waals surface area contributed by atoms with E-state index in [0.717, 1.165) is 11.6 Å². The summed E-state index contributed by atoms with van der Waals surface area (Å²) in [4.78, 5) is 10.7. The van der Waals surface area contributed by atoms with E-state index in [0.29, 0.717) is 10.7 Å². The van der Waals surface area contributed by atoms with Crippen LogP contribution in [0.2, 0.25) is 5.02 Å². The standard InChI is InChI=1S/C14H11ClFNO2/c1-8-2-4-10(7-11(8)15)17-13-5-3-9(14(18)19)6-12(13)16/h2-7,17H,1H3,(H,18,19). The van der Waals surface area contributed by atoms with Gasteiger partial charge >= 0.3 is 5.97 Å². The van der Waals surface area contributed by atoms with Crippen molar-refractivity contribution in [3.8, 4) is 0 Å². The molecular weight excluding hydrogens is 269 g/mol. The first-order valence-electron chi connectivity index (χ1n) is 5.53. The van der Waals surface area contributed by atoms with Gasteiger partial charge in [-0.05, 0) is 42.8 Å². The Kier molecular flexibility index (Phi) is 3.71. The van der Waals surface area contributed by atoms with Crippen molar-refractivity contribution in [2.75, 3.05) is 5.32 Å². The lowest BCUT2D eigenvalue weighted by Gasteiger charge is -2.09. The van der Waals surface area contributed by atoms with E-state index in [4.69, 9.17) is 16.7 Å². The number of carboxylic acid groups (broad SMARTS) is 1. The van der Waals surface area contributed by atoms with Crippen molar-refractivity contribution in [3.63, 3.8) is 0 Å². The van der Waals surface area contributed by atoms with E-state index in [1.807, 2.05) is 13.0 Å². The molecule has 98 valence electrons. The van der Waals surface area contributed by atoms with Crippen molar-refractivity contribution in [1.29, 1.82) is 0 Å². The van der Waals surface area contributed by atoms with Crippen molar-refractivity contribution >= 4 is 28.9 Å². The number of benzene rings is 2. The largest absolute Gasteiger partial charge is 0.478 e. The highest BCUT2D eigenvalue weighted by Crippen LogP contribution is 2.25. The van der Waals surface area contributed by atoms with Gasteiger partial charge in [-0.25, -0.2) is 9.18 Å². The van der Waals surface area contributed by atoms with Gasteiger partial charge in [0.15, 0.2) is 0 Å². The molecule has 0 amide bonds. The lowest BCUT2D eigenvalue weighted by atomic mass is 10.2. The fourth-order valence-electron chi connectivity index (χ4n) is 1.58. The van der Waals surface area contributed by atoms with Crippen LogP contribution in [-0.2, 0) is 0 Å². The molecule has 0 bridgehead atoms. The number of halogens is 2. The lowest BCUT2D eigenvalue weighted by Crippen LogP contribution is -2.00. The number of rotatable bonds is 3. The summed E-state index contributed by atoms with van der Waals surface area (Å²) in [6, 6.07) is 8.96. The average molecular weight is 280 g/mol. The van der Waals surface area contributed by atoms with Crippen LogP contribution in [-0.4, -0.2) is 11.1 Å². The van der Waals surface area contributed by atoms with E-state index in [1.165, 1.54) is 12.1 Å². The van der Waals surface area contributed by atoms with Crippen molar-refractivity contribution < 1.29 is 14.3 Å². The Labute approximate surface area is 114 Å². The minimum atomic E-state index is -1.16. The predicted octanol–water partition coefficient (Wildman–Crippen LogP) is 4.23. The maximum Gasteiger partial charge on any atom is 0.335 e.